The Bertz CT molecular complexity index is 768. The van der Waals surface area contributed by atoms with Gasteiger partial charge in [-0.3, -0.25) is 9.59 Å². The lowest BCUT2D eigenvalue weighted by Gasteiger charge is -2.18. The molecule has 0 bridgehead atoms. The molecular weight excluding hydrogens is 353 g/mol. The maximum Gasteiger partial charge on any atom is 0.257 e. The summed E-state index contributed by atoms with van der Waals surface area (Å²) in [5, 5.41) is 3.21. The molecular formula is C16H15Cl2N3O3. The summed E-state index contributed by atoms with van der Waals surface area (Å²) in [6, 6.07) is 8.01. The van der Waals surface area contributed by atoms with Crippen LogP contribution in [-0.4, -0.2) is 42.4 Å². The lowest BCUT2D eigenvalue weighted by atomic mass is 10.2. The lowest BCUT2D eigenvalue weighted by molar-refractivity contribution is -0.116. The van der Waals surface area contributed by atoms with Crippen molar-refractivity contribution in [1.29, 1.82) is 0 Å². The molecule has 1 heterocycles. The van der Waals surface area contributed by atoms with Crippen molar-refractivity contribution in [2.75, 3.05) is 26.0 Å². The number of nitrogens with one attached hydrogen (secondary N) is 1. The number of halogens is 2. The van der Waals surface area contributed by atoms with Crippen LogP contribution < -0.4 is 10.1 Å². The molecule has 0 saturated heterocycles. The molecule has 0 atom stereocenters. The van der Waals surface area contributed by atoms with E-state index in [1.807, 2.05) is 0 Å². The minimum Gasteiger partial charge on any atom is -0.495 e. The number of hydrogen-bond acceptors (Lipinski definition) is 4. The number of carbonyl (C=O) groups is 2. The molecule has 0 fully saturated rings. The number of ether oxygens (including phenoxy) is 1. The molecule has 0 saturated carbocycles. The number of hydrogen-bond donors (Lipinski definition) is 1. The molecule has 1 aromatic carbocycles. The first kappa shape index (κ1) is 18.0. The predicted octanol–water partition coefficient (Wildman–Crippen LogP) is 3.11. The summed E-state index contributed by atoms with van der Waals surface area (Å²) in [5.41, 5.74) is 0.657. The second-order valence-corrected chi connectivity index (χ2v) is 5.69. The Morgan fingerprint density at radius 3 is 2.71 bits per heavy atom. The van der Waals surface area contributed by atoms with Crippen molar-refractivity contribution in [3.8, 4) is 5.75 Å². The minimum atomic E-state index is -0.402. The third-order valence-electron chi connectivity index (χ3n) is 3.15. The van der Waals surface area contributed by atoms with Crippen molar-refractivity contribution in [2.24, 2.45) is 0 Å². The Balaban J connectivity index is 2.06. The van der Waals surface area contributed by atoms with Crippen LogP contribution in [0, 0.1) is 0 Å². The summed E-state index contributed by atoms with van der Waals surface area (Å²) in [5.74, 6) is -0.329. The van der Waals surface area contributed by atoms with E-state index in [1.54, 1.807) is 30.3 Å². The van der Waals surface area contributed by atoms with Crippen LogP contribution in [0.25, 0.3) is 0 Å². The fraction of sp³-hybridized carbons (Fsp3) is 0.188. The molecule has 1 aromatic heterocycles. The van der Waals surface area contributed by atoms with Gasteiger partial charge >= 0.3 is 0 Å². The monoisotopic (exact) mass is 367 g/mol. The van der Waals surface area contributed by atoms with Gasteiger partial charge in [-0.2, -0.15) is 0 Å². The van der Waals surface area contributed by atoms with Crippen molar-refractivity contribution in [1.82, 2.24) is 9.88 Å². The molecule has 0 aliphatic heterocycles. The second-order valence-electron chi connectivity index (χ2n) is 4.90. The number of rotatable bonds is 5. The summed E-state index contributed by atoms with van der Waals surface area (Å²) in [6.45, 7) is -0.167. The molecule has 24 heavy (non-hydrogen) atoms. The molecule has 0 unspecified atom stereocenters. The number of carbonyl (C=O) groups excluding carboxylic acids is 2. The SMILES string of the molecule is COc1ccc(Cl)cc1NC(=O)CN(C)C(=O)c1cccnc1Cl. The summed E-state index contributed by atoms with van der Waals surface area (Å²) in [6.07, 6.45) is 1.48. The Morgan fingerprint density at radius 1 is 1.29 bits per heavy atom. The molecule has 0 aliphatic carbocycles. The normalized spacial score (nSPS) is 10.2. The summed E-state index contributed by atoms with van der Waals surface area (Å²) < 4.78 is 5.16. The van der Waals surface area contributed by atoms with Crippen LogP contribution in [0.5, 0.6) is 5.75 Å². The Kier molecular flexibility index (Phi) is 6.00. The fourth-order valence-electron chi connectivity index (χ4n) is 2.01. The molecule has 8 heteroatoms. The highest BCUT2D eigenvalue weighted by Crippen LogP contribution is 2.27. The van der Waals surface area contributed by atoms with Crippen LogP contribution in [-0.2, 0) is 4.79 Å². The van der Waals surface area contributed by atoms with Crippen molar-refractivity contribution in [2.45, 2.75) is 0 Å². The van der Waals surface area contributed by atoms with Crippen LogP contribution in [0.15, 0.2) is 36.5 Å². The first-order valence-electron chi connectivity index (χ1n) is 6.91. The topological polar surface area (TPSA) is 71.5 Å². The van der Waals surface area contributed by atoms with Gasteiger partial charge in [-0.1, -0.05) is 23.2 Å². The number of benzene rings is 1. The highest BCUT2D eigenvalue weighted by Gasteiger charge is 2.18. The number of anilines is 1. The zero-order valence-electron chi connectivity index (χ0n) is 13.0. The third kappa shape index (κ3) is 4.37. The van der Waals surface area contributed by atoms with E-state index in [-0.39, 0.29) is 17.3 Å². The lowest BCUT2D eigenvalue weighted by Crippen LogP contribution is -2.35. The highest BCUT2D eigenvalue weighted by atomic mass is 35.5. The number of likely N-dealkylation sites (N-methyl/N-ethyl adjacent to an activating group) is 1. The maximum absolute atomic E-state index is 12.3. The minimum absolute atomic E-state index is 0.0891. The first-order chi connectivity index (χ1) is 11.4. The average Bonchev–Trinajstić information content (AvgIpc) is 2.54. The van der Waals surface area contributed by atoms with Gasteiger partial charge in [-0.05, 0) is 30.3 Å². The van der Waals surface area contributed by atoms with Gasteiger partial charge in [0.1, 0.15) is 10.9 Å². The number of nitrogens with zero attached hydrogens (tertiary/aromatic N) is 2. The van der Waals surface area contributed by atoms with Crippen LogP contribution >= 0.6 is 23.2 Å². The molecule has 126 valence electrons. The van der Waals surface area contributed by atoms with E-state index in [0.717, 1.165) is 0 Å². The zero-order chi connectivity index (χ0) is 17.7. The summed E-state index contributed by atoms with van der Waals surface area (Å²) in [7, 11) is 2.99. The highest BCUT2D eigenvalue weighted by molar-refractivity contribution is 6.32. The maximum atomic E-state index is 12.3. The average molecular weight is 368 g/mol. The zero-order valence-corrected chi connectivity index (χ0v) is 14.6. The third-order valence-corrected chi connectivity index (χ3v) is 3.69. The number of methoxy groups -OCH3 is 1. The van der Waals surface area contributed by atoms with Crippen molar-refractivity contribution < 1.29 is 14.3 Å². The second kappa shape index (κ2) is 7.99. The molecule has 0 spiro atoms. The number of aromatic nitrogens is 1. The molecule has 2 aromatic rings. The van der Waals surface area contributed by atoms with E-state index in [4.69, 9.17) is 27.9 Å². The van der Waals surface area contributed by atoms with E-state index in [0.29, 0.717) is 16.5 Å². The summed E-state index contributed by atoms with van der Waals surface area (Å²) in [4.78, 5) is 29.6. The van der Waals surface area contributed by atoms with E-state index in [9.17, 15) is 9.59 Å². The van der Waals surface area contributed by atoms with Gasteiger partial charge in [0.15, 0.2) is 0 Å². The standard InChI is InChI=1S/C16H15Cl2N3O3/c1-21(16(23)11-4-3-7-19-15(11)18)9-14(22)20-12-8-10(17)5-6-13(12)24-2/h3-8H,9H2,1-2H3,(H,20,22). The van der Waals surface area contributed by atoms with Gasteiger partial charge in [-0.25, -0.2) is 4.98 Å². The van der Waals surface area contributed by atoms with Crippen molar-refractivity contribution >= 4 is 40.7 Å². The van der Waals surface area contributed by atoms with Gasteiger partial charge in [0.2, 0.25) is 5.91 Å². The van der Waals surface area contributed by atoms with E-state index < -0.39 is 11.8 Å². The van der Waals surface area contributed by atoms with E-state index in [2.05, 4.69) is 10.3 Å². The summed E-state index contributed by atoms with van der Waals surface area (Å²) >= 11 is 11.8. The Hall–Kier alpha value is -2.31. The van der Waals surface area contributed by atoms with Crippen LogP contribution in [0.3, 0.4) is 0 Å². The van der Waals surface area contributed by atoms with Gasteiger partial charge in [-0.15, -0.1) is 0 Å². The van der Waals surface area contributed by atoms with Gasteiger partial charge in [0, 0.05) is 18.3 Å². The fourth-order valence-corrected chi connectivity index (χ4v) is 2.38. The number of pyridine rings is 1. The number of amides is 2. The molecule has 2 amide bonds. The molecule has 0 aliphatic rings. The van der Waals surface area contributed by atoms with Crippen molar-refractivity contribution in [3.05, 3.63) is 52.3 Å². The van der Waals surface area contributed by atoms with Crippen LogP contribution in [0.4, 0.5) is 5.69 Å². The Morgan fingerprint density at radius 2 is 2.04 bits per heavy atom. The Labute approximate surface area is 149 Å². The van der Waals surface area contributed by atoms with E-state index >= 15 is 0 Å². The van der Waals surface area contributed by atoms with E-state index in [1.165, 1.54) is 25.3 Å². The first-order valence-corrected chi connectivity index (χ1v) is 7.67. The molecule has 6 nitrogen and oxygen atoms in total. The molecule has 0 radical (unpaired) electrons. The van der Waals surface area contributed by atoms with Gasteiger partial charge in [0.05, 0.1) is 24.9 Å². The molecule has 2 rings (SSSR count). The predicted molar refractivity (Wildman–Crippen MR) is 92.8 cm³/mol. The smallest absolute Gasteiger partial charge is 0.257 e. The van der Waals surface area contributed by atoms with Crippen LogP contribution in [0.1, 0.15) is 10.4 Å². The largest absolute Gasteiger partial charge is 0.495 e. The van der Waals surface area contributed by atoms with Crippen molar-refractivity contribution in [3.63, 3.8) is 0 Å². The van der Waals surface area contributed by atoms with Gasteiger partial charge < -0.3 is 15.0 Å². The van der Waals surface area contributed by atoms with Gasteiger partial charge in [0.25, 0.3) is 5.91 Å². The quantitative estimate of drug-likeness (QED) is 0.824. The van der Waals surface area contributed by atoms with Crippen LogP contribution in [0.2, 0.25) is 10.2 Å². The molecule has 1 N–H and O–H groups in total.